The van der Waals surface area contributed by atoms with Crippen LogP contribution in [-0.2, 0) is 17.9 Å². The second kappa shape index (κ2) is 3.75. The van der Waals surface area contributed by atoms with Gasteiger partial charge >= 0.3 is 0 Å². The number of hydrogen-bond acceptors (Lipinski definition) is 1. The molecule has 0 radical (unpaired) electrons. The molecule has 0 spiro atoms. The molecule has 0 saturated carbocycles. The Bertz CT molecular complexity index is 571. The van der Waals surface area contributed by atoms with Crippen LogP contribution >= 0.6 is 15.9 Å². The van der Waals surface area contributed by atoms with Crippen molar-refractivity contribution in [1.29, 1.82) is 0 Å². The first kappa shape index (κ1) is 10.1. The van der Waals surface area contributed by atoms with E-state index >= 15 is 0 Å². The summed E-state index contributed by atoms with van der Waals surface area (Å²) in [4.78, 5) is 0. The van der Waals surface area contributed by atoms with Gasteiger partial charge in [-0.3, -0.25) is 0 Å². The third kappa shape index (κ3) is 1.60. The highest BCUT2D eigenvalue weighted by atomic mass is 79.9. The summed E-state index contributed by atoms with van der Waals surface area (Å²) in [5.74, 6) is 0. The molecule has 2 nitrogen and oxygen atoms in total. The molecule has 1 aromatic carbocycles. The van der Waals surface area contributed by atoms with E-state index in [0.717, 1.165) is 16.6 Å². The summed E-state index contributed by atoms with van der Waals surface area (Å²) in [5, 5.41) is 1.26. The number of benzene rings is 1. The number of fused-ring (bicyclic) bond motifs is 3. The first-order valence-electron chi connectivity index (χ1n) is 5.26. The van der Waals surface area contributed by atoms with Gasteiger partial charge in [-0.25, -0.2) is 0 Å². The highest BCUT2D eigenvalue weighted by molar-refractivity contribution is 9.10. The molecule has 3 rings (SSSR count). The normalized spacial score (nSPS) is 16.2. The number of rotatable bonds is 0. The predicted molar refractivity (Wildman–Crippen MR) is 68.4 cm³/mol. The Labute approximate surface area is 103 Å². The molecule has 0 unspecified atom stereocenters. The van der Waals surface area contributed by atoms with Crippen LogP contribution in [0.25, 0.3) is 10.9 Å². The van der Waals surface area contributed by atoms with Crippen LogP contribution in [0.5, 0.6) is 0 Å². The Morgan fingerprint density at radius 1 is 1.25 bits per heavy atom. The topological polar surface area (TPSA) is 14.2 Å². The molecule has 1 aromatic heterocycles. The number of nitrogens with zero attached hydrogens (tertiary/aromatic N) is 1. The minimum atomic E-state index is 0.664. The lowest BCUT2D eigenvalue weighted by Crippen LogP contribution is -2.01. The van der Waals surface area contributed by atoms with Crippen molar-refractivity contribution in [3.05, 3.63) is 46.6 Å². The molecule has 1 aliphatic rings. The third-order valence-corrected chi connectivity index (χ3v) is 3.38. The Hall–Kier alpha value is -1.06. The zero-order valence-corrected chi connectivity index (χ0v) is 10.5. The molecule has 0 N–H and O–H groups in total. The maximum absolute atomic E-state index is 5.56. The Kier molecular flexibility index (Phi) is 2.37. The predicted octanol–water partition coefficient (Wildman–Crippen LogP) is 3.49. The summed E-state index contributed by atoms with van der Waals surface area (Å²) in [6.45, 7) is 6.22. The van der Waals surface area contributed by atoms with Gasteiger partial charge in [-0.1, -0.05) is 28.6 Å². The van der Waals surface area contributed by atoms with Gasteiger partial charge in [0.1, 0.15) is 0 Å². The van der Waals surface area contributed by atoms with Gasteiger partial charge in [0.25, 0.3) is 0 Å². The van der Waals surface area contributed by atoms with Gasteiger partial charge in [0.2, 0.25) is 0 Å². The summed E-state index contributed by atoms with van der Waals surface area (Å²) in [7, 11) is 0. The minimum Gasteiger partial charge on any atom is -0.371 e. The average Bonchev–Trinajstić information content (AvgIpc) is 2.47. The van der Waals surface area contributed by atoms with E-state index in [-0.39, 0.29) is 0 Å². The van der Waals surface area contributed by atoms with Gasteiger partial charge < -0.3 is 9.30 Å². The summed E-state index contributed by atoms with van der Waals surface area (Å²) in [6, 6.07) is 8.54. The molecule has 0 fully saturated rings. The molecule has 2 aromatic rings. The van der Waals surface area contributed by atoms with E-state index in [4.69, 9.17) is 4.74 Å². The summed E-state index contributed by atoms with van der Waals surface area (Å²) >= 11 is 3.51. The zero-order valence-electron chi connectivity index (χ0n) is 8.87. The molecule has 3 heteroatoms. The monoisotopic (exact) mass is 277 g/mol. The van der Waals surface area contributed by atoms with E-state index in [2.05, 4.69) is 51.3 Å². The second-order valence-electron chi connectivity index (χ2n) is 4.17. The maximum atomic E-state index is 5.56. The Balaban J connectivity index is 2.25. The molecule has 16 heavy (non-hydrogen) atoms. The lowest BCUT2D eigenvalue weighted by molar-refractivity contribution is 0.145. The summed E-state index contributed by atoms with van der Waals surface area (Å²) in [6.07, 6.45) is 0. The van der Waals surface area contributed by atoms with E-state index in [1.54, 1.807) is 0 Å². The molecule has 1 aliphatic heterocycles. The Morgan fingerprint density at radius 3 is 3.00 bits per heavy atom. The van der Waals surface area contributed by atoms with Crippen molar-refractivity contribution >= 4 is 26.8 Å². The molecule has 0 amide bonds. The van der Waals surface area contributed by atoms with Crippen molar-refractivity contribution in [2.45, 2.75) is 13.2 Å². The molecule has 0 bridgehead atoms. The zero-order chi connectivity index (χ0) is 11.1. The average molecular weight is 278 g/mol. The van der Waals surface area contributed by atoms with Gasteiger partial charge in [0.15, 0.2) is 0 Å². The molecular weight excluding hydrogens is 266 g/mol. The van der Waals surface area contributed by atoms with Crippen molar-refractivity contribution < 1.29 is 4.74 Å². The van der Waals surface area contributed by atoms with Gasteiger partial charge in [-0.2, -0.15) is 0 Å². The first-order valence-corrected chi connectivity index (χ1v) is 6.05. The quantitative estimate of drug-likeness (QED) is 0.673. The lowest BCUT2D eigenvalue weighted by atomic mass is 10.2. The van der Waals surface area contributed by atoms with Crippen LogP contribution in [0.4, 0.5) is 0 Å². The maximum Gasteiger partial charge on any atom is 0.0872 e. The minimum absolute atomic E-state index is 0.664. The van der Waals surface area contributed by atoms with Crippen LogP contribution in [-0.4, -0.2) is 11.2 Å². The second-order valence-corrected chi connectivity index (χ2v) is 5.08. The smallest absolute Gasteiger partial charge is 0.0872 e. The van der Waals surface area contributed by atoms with E-state index in [0.29, 0.717) is 13.2 Å². The molecular formula is C13H12BrNO. The fourth-order valence-electron chi connectivity index (χ4n) is 2.16. The number of hydrogen-bond donors (Lipinski definition) is 0. The fourth-order valence-corrected chi connectivity index (χ4v) is 2.51. The lowest BCUT2D eigenvalue weighted by Gasteiger charge is -2.06. The molecule has 2 heterocycles. The SMILES string of the molecule is C=C1COCc2cc3ccc(Br)cc3n2C1. The number of ether oxygens (including phenoxy) is 1. The number of aromatic nitrogens is 1. The molecule has 82 valence electrons. The molecule has 0 saturated heterocycles. The van der Waals surface area contributed by atoms with Crippen molar-refractivity contribution in [2.75, 3.05) is 6.61 Å². The van der Waals surface area contributed by atoms with Crippen LogP contribution in [0, 0.1) is 0 Å². The van der Waals surface area contributed by atoms with Crippen molar-refractivity contribution in [3.63, 3.8) is 0 Å². The van der Waals surface area contributed by atoms with Gasteiger partial charge in [-0.05, 0) is 23.8 Å². The van der Waals surface area contributed by atoms with Crippen LogP contribution in [0.1, 0.15) is 5.69 Å². The highest BCUT2D eigenvalue weighted by Crippen LogP contribution is 2.26. The standard InChI is InChI=1S/C13H12BrNO/c1-9-6-15-12(8-16-7-9)4-10-2-3-11(14)5-13(10)15/h2-5H,1,6-8H2. The fraction of sp³-hybridized carbons (Fsp3) is 0.231. The summed E-state index contributed by atoms with van der Waals surface area (Å²) in [5.41, 5.74) is 3.60. The van der Waals surface area contributed by atoms with E-state index in [1.165, 1.54) is 16.6 Å². The van der Waals surface area contributed by atoms with Gasteiger partial charge in [-0.15, -0.1) is 0 Å². The first-order chi connectivity index (χ1) is 7.74. The van der Waals surface area contributed by atoms with Gasteiger partial charge in [0.05, 0.1) is 13.2 Å². The third-order valence-electron chi connectivity index (χ3n) is 2.89. The van der Waals surface area contributed by atoms with Crippen LogP contribution in [0.2, 0.25) is 0 Å². The van der Waals surface area contributed by atoms with E-state index in [1.807, 2.05) is 0 Å². The van der Waals surface area contributed by atoms with E-state index in [9.17, 15) is 0 Å². The van der Waals surface area contributed by atoms with Crippen molar-refractivity contribution in [2.24, 2.45) is 0 Å². The largest absolute Gasteiger partial charge is 0.371 e. The van der Waals surface area contributed by atoms with Crippen molar-refractivity contribution in [3.8, 4) is 0 Å². The molecule has 0 aliphatic carbocycles. The van der Waals surface area contributed by atoms with Crippen molar-refractivity contribution in [1.82, 2.24) is 4.57 Å². The summed E-state index contributed by atoms with van der Waals surface area (Å²) < 4.78 is 8.96. The van der Waals surface area contributed by atoms with Crippen LogP contribution in [0.3, 0.4) is 0 Å². The molecule has 0 atom stereocenters. The number of halogens is 1. The Morgan fingerprint density at radius 2 is 2.12 bits per heavy atom. The van der Waals surface area contributed by atoms with Crippen LogP contribution < -0.4 is 0 Å². The van der Waals surface area contributed by atoms with Gasteiger partial charge in [0, 0.05) is 27.6 Å². The van der Waals surface area contributed by atoms with Crippen LogP contribution in [0.15, 0.2) is 40.9 Å². The van der Waals surface area contributed by atoms with E-state index < -0.39 is 0 Å². The highest BCUT2D eigenvalue weighted by Gasteiger charge is 2.13.